The molecule has 3 heterocycles. The highest BCUT2D eigenvalue weighted by molar-refractivity contribution is 6.06. The van der Waals surface area contributed by atoms with E-state index in [0.717, 1.165) is 18.5 Å². The first kappa shape index (κ1) is 13.9. The van der Waals surface area contributed by atoms with Gasteiger partial charge in [0.05, 0.1) is 0 Å². The second-order valence-electron chi connectivity index (χ2n) is 5.71. The third-order valence-electron chi connectivity index (χ3n) is 4.23. The number of nitrogens with zero attached hydrogens (tertiary/aromatic N) is 6. The number of rotatable bonds is 2. The highest BCUT2D eigenvalue weighted by atomic mass is 16.2. The van der Waals surface area contributed by atoms with Gasteiger partial charge in [-0.2, -0.15) is 0 Å². The predicted molar refractivity (Wildman–Crippen MR) is 82.1 cm³/mol. The molecule has 8 nitrogen and oxygen atoms in total. The number of aryl methyl sites for hydroxylation is 1. The van der Waals surface area contributed by atoms with Gasteiger partial charge in [-0.25, -0.2) is 4.68 Å². The van der Waals surface area contributed by atoms with Crippen LogP contribution in [0.2, 0.25) is 0 Å². The van der Waals surface area contributed by atoms with E-state index in [2.05, 4.69) is 15.5 Å². The fourth-order valence-electron chi connectivity index (χ4n) is 3.09. The van der Waals surface area contributed by atoms with Gasteiger partial charge in [-0.15, -0.1) is 0 Å². The van der Waals surface area contributed by atoms with Crippen LogP contribution in [0.25, 0.3) is 0 Å². The van der Waals surface area contributed by atoms with E-state index < -0.39 is 0 Å². The zero-order valence-electron chi connectivity index (χ0n) is 12.6. The Balaban J connectivity index is 1.64. The molecule has 23 heavy (non-hydrogen) atoms. The molecular formula is C15H16N6O2. The molecule has 2 aliphatic rings. The summed E-state index contributed by atoms with van der Waals surface area (Å²) in [5.74, 6) is 0.440. The van der Waals surface area contributed by atoms with Gasteiger partial charge < -0.3 is 4.90 Å². The number of hydrogen-bond donors (Lipinski definition) is 0. The SMILES string of the molecule is O=C1CCCN1c1cccc(C(=O)N2CCCn3nnnc32)c1. The van der Waals surface area contributed by atoms with Crippen LogP contribution >= 0.6 is 0 Å². The number of tetrazole rings is 1. The van der Waals surface area contributed by atoms with Crippen LogP contribution in [0.3, 0.4) is 0 Å². The van der Waals surface area contributed by atoms with Crippen LogP contribution in [0.1, 0.15) is 29.6 Å². The molecule has 0 aliphatic carbocycles. The maximum atomic E-state index is 12.8. The topological polar surface area (TPSA) is 84.2 Å². The van der Waals surface area contributed by atoms with Crippen LogP contribution in [-0.4, -0.2) is 45.1 Å². The second-order valence-corrected chi connectivity index (χ2v) is 5.71. The lowest BCUT2D eigenvalue weighted by Crippen LogP contribution is -2.38. The summed E-state index contributed by atoms with van der Waals surface area (Å²) in [6, 6.07) is 7.20. The first-order valence-electron chi connectivity index (χ1n) is 7.72. The Labute approximate surface area is 132 Å². The minimum atomic E-state index is -0.144. The molecule has 0 radical (unpaired) electrons. The highest BCUT2D eigenvalue weighted by Crippen LogP contribution is 2.24. The fraction of sp³-hybridized carbons (Fsp3) is 0.400. The molecular weight excluding hydrogens is 296 g/mol. The van der Waals surface area contributed by atoms with Crippen LogP contribution in [0.5, 0.6) is 0 Å². The molecule has 0 N–H and O–H groups in total. The normalized spacial score (nSPS) is 17.5. The molecule has 0 unspecified atom stereocenters. The van der Waals surface area contributed by atoms with Crippen molar-refractivity contribution in [1.29, 1.82) is 0 Å². The van der Waals surface area contributed by atoms with Crippen LogP contribution in [0.4, 0.5) is 11.6 Å². The quantitative estimate of drug-likeness (QED) is 0.821. The number of fused-ring (bicyclic) bond motifs is 1. The van der Waals surface area contributed by atoms with E-state index in [9.17, 15) is 9.59 Å². The minimum absolute atomic E-state index is 0.108. The number of hydrogen-bond acceptors (Lipinski definition) is 5. The van der Waals surface area contributed by atoms with Gasteiger partial charge >= 0.3 is 0 Å². The molecule has 118 valence electrons. The summed E-state index contributed by atoms with van der Waals surface area (Å²) in [6.45, 7) is 2.01. The Morgan fingerprint density at radius 1 is 1.13 bits per heavy atom. The summed E-state index contributed by atoms with van der Waals surface area (Å²) < 4.78 is 1.63. The number of carbonyl (C=O) groups is 2. The minimum Gasteiger partial charge on any atom is -0.312 e. The van der Waals surface area contributed by atoms with Gasteiger partial charge in [0.2, 0.25) is 5.91 Å². The molecule has 0 atom stereocenters. The lowest BCUT2D eigenvalue weighted by Gasteiger charge is -2.25. The third kappa shape index (κ3) is 2.36. The number of aromatic nitrogens is 4. The number of amides is 2. The van der Waals surface area contributed by atoms with Crippen molar-refractivity contribution < 1.29 is 9.59 Å². The van der Waals surface area contributed by atoms with Crippen molar-refractivity contribution in [2.24, 2.45) is 0 Å². The standard InChI is InChI=1S/C15H16N6O2/c22-13-6-2-7-19(13)12-5-1-4-11(10-12)14(23)20-8-3-9-21-15(20)16-17-18-21/h1,4-5,10H,2-3,6-9H2. The smallest absolute Gasteiger partial charge is 0.260 e. The summed E-state index contributed by atoms with van der Waals surface area (Å²) in [7, 11) is 0. The Hall–Kier alpha value is -2.77. The van der Waals surface area contributed by atoms with Gasteiger partial charge in [0.15, 0.2) is 0 Å². The molecule has 0 saturated carbocycles. The summed E-state index contributed by atoms with van der Waals surface area (Å²) in [4.78, 5) is 28.0. The molecule has 2 amide bonds. The molecule has 1 aromatic carbocycles. The first-order chi connectivity index (χ1) is 11.2. The predicted octanol–water partition coefficient (Wildman–Crippen LogP) is 0.850. The zero-order valence-corrected chi connectivity index (χ0v) is 12.6. The largest absolute Gasteiger partial charge is 0.312 e. The average molecular weight is 312 g/mol. The molecule has 1 saturated heterocycles. The highest BCUT2D eigenvalue weighted by Gasteiger charge is 2.27. The van der Waals surface area contributed by atoms with Crippen LogP contribution in [0, 0.1) is 0 Å². The molecule has 1 aromatic heterocycles. The van der Waals surface area contributed by atoms with Crippen molar-refractivity contribution in [2.75, 3.05) is 22.9 Å². The molecule has 4 rings (SSSR count). The van der Waals surface area contributed by atoms with E-state index in [1.807, 2.05) is 6.07 Å². The van der Waals surface area contributed by atoms with E-state index in [-0.39, 0.29) is 11.8 Å². The zero-order chi connectivity index (χ0) is 15.8. The van der Waals surface area contributed by atoms with Crippen molar-refractivity contribution in [3.8, 4) is 0 Å². The summed E-state index contributed by atoms with van der Waals surface area (Å²) in [5.41, 5.74) is 1.31. The van der Waals surface area contributed by atoms with Gasteiger partial charge in [0, 0.05) is 37.3 Å². The molecule has 0 bridgehead atoms. The lowest BCUT2D eigenvalue weighted by molar-refractivity contribution is -0.117. The van der Waals surface area contributed by atoms with Crippen LogP contribution < -0.4 is 9.80 Å². The fourth-order valence-corrected chi connectivity index (χ4v) is 3.09. The number of carbonyl (C=O) groups excluding carboxylic acids is 2. The summed E-state index contributed by atoms with van der Waals surface area (Å²) in [5, 5.41) is 11.5. The van der Waals surface area contributed by atoms with E-state index >= 15 is 0 Å². The van der Waals surface area contributed by atoms with Crippen molar-refractivity contribution in [3.05, 3.63) is 29.8 Å². The van der Waals surface area contributed by atoms with Crippen molar-refractivity contribution >= 4 is 23.5 Å². The average Bonchev–Trinajstić information content (AvgIpc) is 3.22. The van der Waals surface area contributed by atoms with Crippen LogP contribution in [0.15, 0.2) is 24.3 Å². The maximum absolute atomic E-state index is 12.8. The van der Waals surface area contributed by atoms with E-state index in [4.69, 9.17) is 0 Å². The van der Waals surface area contributed by atoms with Crippen molar-refractivity contribution in [1.82, 2.24) is 20.2 Å². The number of anilines is 2. The Morgan fingerprint density at radius 2 is 2.04 bits per heavy atom. The van der Waals surface area contributed by atoms with E-state index in [0.29, 0.717) is 37.6 Å². The molecule has 0 spiro atoms. The summed E-state index contributed by atoms with van der Waals surface area (Å²) >= 11 is 0. The lowest BCUT2D eigenvalue weighted by atomic mass is 10.1. The van der Waals surface area contributed by atoms with Gasteiger partial charge in [-0.05, 0) is 41.5 Å². The van der Waals surface area contributed by atoms with Crippen molar-refractivity contribution in [2.45, 2.75) is 25.8 Å². The first-order valence-corrected chi connectivity index (χ1v) is 7.72. The van der Waals surface area contributed by atoms with E-state index in [1.54, 1.807) is 32.7 Å². The van der Waals surface area contributed by atoms with Crippen molar-refractivity contribution in [3.63, 3.8) is 0 Å². The molecule has 8 heteroatoms. The van der Waals surface area contributed by atoms with Gasteiger partial charge in [0.25, 0.3) is 11.9 Å². The van der Waals surface area contributed by atoms with Gasteiger partial charge in [-0.3, -0.25) is 14.5 Å². The molecule has 1 fully saturated rings. The van der Waals surface area contributed by atoms with E-state index in [1.165, 1.54) is 0 Å². The number of benzene rings is 1. The Bertz CT molecular complexity index is 771. The Morgan fingerprint density at radius 3 is 2.87 bits per heavy atom. The van der Waals surface area contributed by atoms with Gasteiger partial charge in [-0.1, -0.05) is 11.2 Å². The van der Waals surface area contributed by atoms with Crippen LogP contribution in [-0.2, 0) is 11.3 Å². The monoisotopic (exact) mass is 312 g/mol. The third-order valence-corrected chi connectivity index (χ3v) is 4.23. The molecule has 2 aromatic rings. The van der Waals surface area contributed by atoms with Gasteiger partial charge in [0.1, 0.15) is 0 Å². The Kier molecular flexibility index (Phi) is 3.29. The molecule has 2 aliphatic heterocycles. The maximum Gasteiger partial charge on any atom is 0.260 e. The second kappa shape index (κ2) is 5.45. The summed E-state index contributed by atoms with van der Waals surface area (Å²) in [6.07, 6.45) is 2.24.